The van der Waals surface area contributed by atoms with E-state index in [0.29, 0.717) is 15.1 Å². The van der Waals surface area contributed by atoms with Gasteiger partial charge in [0.25, 0.3) is 11.5 Å². The summed E-state index contributed by atoms with van der Waals surface area (Å²) in [6.45, 7) is 4.44. The molecule has 4 rings (SSSR count). The molecule has 0 saturated carbocycles. The van der Waals surface area contributed by atoms with Gasteiger partial charge < -0.3 is 10.6 Å². The van der Waals surface area contributed by atoms with E-state index < -0.39 is 0 Å². The highest BCUT2D eigenvalue weighted by Crippen LogP contribution is 2.28. The van der Waals surface area contributed by atoms with Gasteiger partial charge in [-0.15, -0.1) is 23.7 Å². The molecule has 0 spiro atoms. The summed E-state index contributed by atoms with van der Waals surface area (Å²) in [5, 5.41) is 7.04. The molecule has 2 aliphatic rings. The first-order valence-electron chi connectivity index (χ1n) is 9.19. The second-order valence-electron chi connectivity index (χ2n) is 7.05. The zero-order chi connectivity index (χ0) is 17.4. The molecule has 0 aliphatic carbocycles. The van der Waals surface area contributed by atoms with Crippen LogP contribution in [0.1, 0.15) is 53.2 Å². The SMILES string of the molecule is Cc1c(C(=O)N[C@H]2CCCNC2)sc2nc3n(c(=O)c12)CCCCC3.Cl. The molecule has 4 heterocycles. The Hall–Kier alpha value is -1.44. The number of rotatable bonds is 2. The molecule has 6 nitrogen and oxygen atoms in total. The first-order valence-corrected chi connectivity index (χ1v) is 10.0. The Bertz CT molecular complexity index is 870. The van der Waals surface area contributed by atoms with Crippen LogP contribution in [-0.4, -0.2) is 34.6 Å². The molecule has 2 aliphatic heterocycles. The highest BCUT2D eigenvalue weighted by molar-refractivity contribution is 7.20. The molecule has 0 unspecified atom stereocenters. The Morgan fingerprint density at radius 1 is 1.31 bits per heavy atom. The Kier molecular flexibility index (Phi) is 5.99. The number of halogens is 1. The first kappa shape index (κ1) is 19.3. The average molecular weight is 397 g/mol. The van der Waals surface area contributed by atoms with Gasteiger partial charge in [-0.1, -0.05) is 6.42 Å². The van der Waals surface area contributed by atoms with Gasteiger partial charge in [-0.05, 0) is 44.7 Å². The van der Waals surface area contributed by atoms with E-state index >= 15 is 0 Å². The molecule has 2 N–H and O–H groups in total. The minimum atomic E-state index is -0.0752. The number of carbonyl (C=O) groups is 1. The second kappa shape index (κ2) is 8.06. The molecule has 1 saturated heterocycles. The zero-order valence-corrected chi connectivity index (χ0v) is 16.6. The van der Waals surface area contributed by atoms with Crippen LogP contribution in [0.4, 0.5) is 0 Å². The van der Waals surface area contributed by atoms with Crippen molar-refractivity contribution in [3.8, 4) is 0 Å². The number of amides is 1. The Morgan fingerprint density at radius 3 is 2.92 bits per heavy atom. The quantitative estimate of drug-likeness (QED) is 0.817. The molecule has 8 heteroatoms. The van der Waals surface area contributed by atoms with Crippen molar-refractivity contribution < 1.29 is 4.79 Å². The van der Waals surface area contributed by atoms with Crippen molar-refractivity contribution in [2.24, 2.45) is 0 Å². The lowest BCUT2D eigenvalue weighted by atomic mass is 10.1. The number of nitrogens with zero attached hydrogens (tertiary/aromatic N) is 2. The highest BCUT2D eigenvalue weighted by Gasteiger charge is 2.24. The third-order valence-electron chi connectivity index (χ3n) is 5.25. The van der Waals surface area contributed by atoms with Gasteiger partial charge in [0.1, 0.15) is 10.7 Å². The van der Waals surface area contributed by atoms with Gasteiger partial charge >= 0.3 is 0 Å². The molecule has 0 bridgehead atoms. The number of aryl methyl sites for hydroxylation is 2. The molecule has 0 radical (unpaired) electrons. The fraction of sp³-hybridized carbons (Fsp3) is 0.611. The van der Waals surface area contributed by atoms with Crippen LogP contribution in [0.25, 0.3) is 10.2 Å². The van der Waals surface area contributed by atoms with Crippen LogP contribution in [0.15, 0.2) is 4.79 Å². The topological polar surface area (TPSA) is 76.0 Å². The van der Waals surface area contributed by atoms with Gasteiger partial charge in [0, 0.05) is 25.6 Å². The summed E-state index contributed by atoms with van der Waals surface area (Å²) >= 11 is 1.36. The number of hydrogen-bond acceptors (Lipinski definition) is 5. The van der Waals surface area contributed by atoms with E-state index in [4.69, 9.17) is 4.98 Å². The predicted molar refractivity (Wildman–Crippen MR) is 107 cm³/mol. The number of carbonyl (C=O) groups excluding carboxylic acids is 1. The maximum atomic E-state index is 13.0. The third-order valence-corrected chi connectivity index (χ3v) is 6.43. The Balaban J connectivity index is 0.00000196. The number of nitrogens with one attached hydrogen (secondary N) is 2. The van der Waals surface area contributed by atoms with Crippen molar-refractivity contribution in [1.29, 1.82) is 0 Å². The first-order chi connectivity index (χ1) is 12.1. The van der Waals surface area contributed by atoms with E-state index in [-0.39, 0.29) is 29.9 Å². The fourth-order valence-electron chi connectivity index (χ4n) is 3.85. The van der Waals surface area contributed by atoms with Gasteiger partial charge in [-0.25, -0.2) is 4.98 Å². The monoisotopic (exact) mass is 396 g/mol. The number of aromatic nitrogens is 2. The fourth-order valence-corrected chi connectivity index (χ4v) is 4.95. The van der Waals surface area contributed by atoms with Crippen LogP contribution >= 0.6 is 23.7 Å². The van der Waals surface area contributed by atoms with Gasteiger partial charge in [0.2, 0.25) is 0 Å². The third kappa shape index (κ3) is 3.52. The van der Waals surface area contributed by atoms with E-state index in [2.05, 4.69) is 10.6 Å². The van der Waals surface area contributed by atoms with Crippen LogP contribution in [0.3, 0.4) is 0 Å². The summed E-state index contributed by atoms with van der Waals surface area (Å²) in [5.74, 6) is 0.800. The Labute approximate surface area is 162 Å². The van der Waals surface area contributed by atoms with Crippen molar-refractivity contribution in [1.82, 2.24) is 20.2 Å². The lowest BCUT2D eigenvalue weighted by Crippen LogP contribution is -2.45. The molecular weight excluding hydrogens is 372 g/mol. The summed E-state index contributed by atoms with van der Waals surface area (Å²) in [5.41, 5.74) is 0.798. The normalized spacial score (nSPS) is 20.1. The van der Waals surface area contributed by atoms with Crippen LogP contribution in [0.5, 0.6) is 0 Å². The summed E-state index contributed by atoms with van der Waals surface area (Å²) in [6.07, 6.45) is 6.15. The summed E-state index contributed by atoms with van der Waals surface area (Å²) in [7, 11) is 0. The molecule has 142 valence electrons. The van der Waals surface area contributed by atoms with E-state index in [1.807, 2.05) is 11.5 Å². The smallest absolute Gasteiger partial charge is 0.262 e. The molecular formula is C18H25ClN4O2S. The summed E-state index contributed by atoms with van der Waals surface area (Å²) < 4.78 is 1.82. The van der Waals surface area contributed by atoms with Crippen molar-refractivity contribution in [3.63, 3.8) is 0 Å². The van der Waals surface area contributed by atoms with Crippen molar-refractivity contribution in [2.75, 3.05) is 13.1 Å². The minimum Gasteiger partial charge on any atom is -0.347 e. The van der Waals surface area contributed by atoms with Gasteiger partial charge in [0.15, 0.2) is 0 Å². The Morgan fingerprint density at radius 2 is 2.15 bits per heavy atom. The van der Waals surface area contributed by atoms with Crippen LogP contribution in [0.2, 0.25) is 0 Å². The molecule has 2 aromatic rings. The average Bonchev–Trinajstić information content (AvgIpc) is 2.79. The molecule has 0 aromatic carbocycles. The highest BCUT2D eigenvalue weighted by atomic mass is 35.5. The van der Waals surface area contributed by atoms with Crippen LogP contribution < -0.4 is 16.2 Å². The van der Waals surface area contributed by atoms with Gasteiger partial charge in [-0.3, -0.25) is 14.2 Å². The summed E-state index contributed by atoms with van der Waals surface area (Å²) in [6, 6.07) is 0.164. The number of hydrogen-bond donors (Lipinski definition) is 2. The number of piperidine rings is 1. The maximum Gasteiger partial charge on any atom is 0.262 e. The van der Waals surface area contributed by atoms with E-state index in [1.54, 1.807) is 0 Å². The molecule has 1 atom stereocenters. The van der Waals surface area contributed by atoms with Gasteiger partial charge in [0.05, 0.1) is 10.3 Å². The lowest BCUT2D eigenvalue weighted by Gasteiger charge is -2.23. The van der Waals surface area contributed by atoms with E-state index in [0.717, 1.165) is 69.5 Å². The predicted octanol–water partition coefficient (Wildman–Crippen LogP) is 2.40. The van der Waals surface area contributed by atoms with Crippen LogP contribution in [0, 0.1) is 6.92 Å². The lowest BCUT2D eigenvalue weighted by molar-refractivity contribution is 0.0934. The van der Waals surface area contributed by atoms with Gasteiger partial charge in [-0.2, -0.15) is 0 Å². The van der Waals surface area contributed by atoms with Crippen molar-refractivity contribution in [2.45, 2.75) is 58.0 Å². The maximum absolute atomic E-state index is 13.0. The number of thiophene rings is 1. The molecule has 26 heavy (non-hydrogen) atoms. The van der Waals surface area contributed by atoms with E-state index in [1.165, 1.54) is 11.3 Å². The number of fused-ring (bicyclic) bond motifs is 2. The van der Waals surface area contributed by atoms with E-state index in [9.17, 15) is 9.59 Å². The standard InChI is InChI=1S/C18H24N4O2S.ClH/c1-11-14-17(21-13-7-3-2-4-9-22(13)18(14)24)25-15(11)16(23)20-12-6-5-8-19-10-12;/h12,19H,2-10H2,1H3,(H,20,23);1H/t12-;/m0./s1. The zero-order valence-electron chi connectivity index (χ0n) is 15.0. The molecule has 2 aromatic heterocycles. The molecule has 1 fully saturated rings. The van der Waals surface area contributed by atoms with Crippen LogP contribution in [-0.2, 0) is 13.0 Å². The summed E-state index contributed by atoms with van der Waals surface area (Å²) in [4.78, 5) is 31.8. The second-order valence-corrected chi connectivity index (χ2v) is 8.05. The van der Waals surface area contributed by atoms with Crippen molar-refractivity contribution >= 4 is 39.9 Å². The minimum absolute atomic E-state index is 0. The molecule has 1 amide bonds. The largest absolute Gasteiger partial charge is 0.347 e. The van der Waals surface area contributed by atoms with Crippen molar-refractivity contribution in [3.05, 3.63) is 26.6 Å².